The van der Waals surface area contributed by atoms with Gasteiger partial charge in [-0.25, -0.2) is 0 Å². The summed E-state index contributed by atoms with van der Waals surface area (Å²) in [6.45, 7) is 0. The first kappa shape index (κ1) is 8.63. The Morgan fingerprint density at radius 1 is 1.00 bits per heavy atom. The number of rotatable bonds is 2. The van der Waals surface area contributed by atoms with Crippen LogP contribution < -0.4 is 10.5 Å². The maximum absolute atomic E-state index is 5.63. The van der Waals surface area contributed by atoms with Crippen LogP contribution in [0.25, 0.3) is 0 Å². The summed E-state index contributed by atoms with van der Waals surface area (Å²) in [5.41, 5.74) is 6.33. The molecule has 0 bridgehead atoms. The zero-order valence-corrected chi connectivity index (χ0v) is 7.60. The lowest BCUT2D eigenvalue weighted by molar-refractivity contribution is 0.483. The van der Waals surface area contributed by atoms with E-state index in [2.05, 4.69) is 6.07 Å². The van der Waals surface area contributed by atoms with Gasteiger partial charge in [0.1, 0.15) is 11.5 Å². The van der Waals surface area contributed by atoms with Crippen LogP contribution in [0.1, 0.15) is 0 Å². The zero-order chi connectivity index (χ0) is 9.80. The molecule has 14 heavy (non-hydrogen) atoms. The topological polar surface area (TPSA) is 35.2 Å². The third-order valence-electron chi connectivity index (χ3n) is 1.78. The smallest absolute Gasteiger partial charge is 0.129 e. The average Bonchev–Trinajstić information content (AvgIpc) is 2.19. The molecule has 0 amide bonds. The highest BCUT2D eigenvalue weighted by atomic mass is 16.5. The molecule has 1 radical (unpaired) electrons. The Bertz CT molecular complexity index is 412. The summed E-state index contributed by atoms with van der Waals surface area (Å²) in [7, 11) is 0. The predicted molar refractivity (Wildman–Crippen MR) is 56.2 cm³/mol. The number of hydrogen-bond acceptors (Lipinski definition) is 2. The molecule has 2 heteroatoms. The van der Waals surface area contributed by atoms with E-state index >= 15 is 0 Å². The van der Waals surface area contributed by atoms with E-state index in [0.29, 0.717) is 5.69 Å². The van der Waals surface area contributed by atoms with E-state index in [-0.39, 0.29) is 0 Å². The third-order valence-corrected chi connectivity index (χ3v) is 1.78. The van der Waals surface area contributed by atoms with Gasteiger partial charge in [0.25, 0.3) is 0 Å². The number of ether oxygens (including phenoxy) is 1. The van der Waals surface area contributed by atoms with E-state index in [0.717, 1.165) is 11.5 Å². The van der Waals surface area contributed by atoms with Crippen molar-refractivity contribution in [3.8, 4) is 11.5 Å². The molecule has 0 spiro atoms. The molecule has 0 aromatic heterocycles. The highest BCUT2D eigenvalue weighted by Crippen LogP contribution is 2.22. The predicted octanol–water partition coefficient (Wildman–Crippen LogP) is 2.86. The molecule has 0 saturated carbocycles. The molecule has 69 valence electrons. The van der Waals surface area contributed by atoms with Crippen molar-refractivity contribution < 1.29 is 4.74 Å². The van der Waals surface area contributed by atoms with Gasteiger partial charge in [-0.2, -0.15) is 0 Å². The molecule has 2 N–H and O–H groups in total. The summed E-state index contributed by atoms with van der Waals surface area (Å²) in [6.07, 6.45) is 0. The van der Waals surface area contributed by atoms with Crippen molar-refractivity contribution >= 4 is 5.69 Å². The van der Waals surface area contributed by atoms with Crippen LogP contribution in [0.15, 0.2) is 48.5 Å². The maximum Gasteiger partial charge on any atom is 0.129 e. The Hall–Kier alpha value is -1.96. The lowest BCUT2D eigenvalue weighted by atomic mass is 10.3. The third kappa shape index (κ3) is 2.04. The van der Waals surface area contributed by atoms with Crippen molar-refractivity contribution in [2.45, 2.75) is 0 Å². The van der Waals surface area contributed by atoms with E-state index in [1.807, 2.05) is 42.5 Å². The number of benzene rings is 2. The van der Waals surface area contributed by atoms with Gasteiger partial charge < -0.3 is 10.5 Å². The van der Waals surface area contributed by atoms with Gasteiger partial charge in [-0.1, -0.05) is 18.2 Å². The summed E-state index contributed by atoms with van der Waals surface area (Å²) in [5.74, 6) is 1.53. The summed E-state index contributed by atoms with van der Waals surface area (Å²) in [4.78, 5) is 0. The Balaban J connectivity index is 2.19. The fourth-order valence-corrected chi connectivity index (χ4v) is 1.15. The summed E-state index contributed by atoms with van der Waals surface area (Å²) >= 11 is 0. The molecule has 0 aliphatic heterocycles. The van der Waals surface area contributed by atoms with E-state index < -0.39 is 0 Å². The van der Waals surface area contributed by atoms with E-state index in [9.17, 15) is 0 Å². The quantitative estimate of drug-likeness (QED) is 0.728. The van der Waals surface area contributed by atoms with Crippen molar-refractivity contribution in [2.24, 2.45) is 0 Å². The minimum Gasteiger partial charge on any atom is -0.457 e. The van der Waals surface area contributed by atoms with Gasteiger partial charge in [-0.15, -0.1) is 0 Å². The molecular formula is C12H10NO. The Morgan fingerprint density at radius 3 is 2.50 bits per heavy atom. The highest BCUT2D eigenvalue weighted by Gasteiger charge is 1.95. The van der Waals surface area contributed by atoms with Gasteiger partial charge in [0.05, 0.1) is 0 Å². The molecule has 2 aromatic rings. The fourth-order valence-electron chi connectivity index (χ4n) is 1.15. The Kier molecular flexibility index (Phi) is 2.36. The number of nitrogens with two attached hydrogens (primary N) is 1. The van der Waals surface area contributed by atoms with Crippen molar-refractivity contribution in [2.75, 3.05) is 5.73 Å². The van der Waals surface area contributed by atoms with Crippen LogP contribution in [0.4, 0.5) is 5.69 Å². The number of hydrogen-bond donors (Lipinski definition) is 1. The molecule has 0 heterocycles. The lowest BCUT2D eigenvalue weighted by Crippen LogP contribution is -1.87. The fraction of sp³-hybridized carbons (Fsp3) is 0. The molecule has 0 aliphatic rings. The molecule has 0 saturated heterocycles. The summed E-state index contributed by atoms with van der Waals surface area (Å²) in [6, 6.07) is 17.6. The second-order valence-electron chi connectivity index (χ2n) is 2.91. The Labute approximate surface area is 82.9 Å². The van der Waals surface area contributed by atoms with Crippen molar-refractivity contribution in [3.05, 3.63) is 54.6 Å². The SMILES string of the molecule is Nc1cccc(Oc2cc[c]cc2)c1. The van der Waals surface area contributed by atoms with Crippen LogP contribution in [0, 0.1) is 6.07 Å². The second kappa shape index (κ2) is 3.83. The minimum atomic E-state index is 0.699. The van der Waals surface area contributed by atoms with Crippen LogP contribution in [0.3, 0.4) is 0 Å². The lowest BCUT2D eigenvalue weighted by Gasteiger charge is -2.05. The van der Waals surface area contributed by atoms with Gasteiger partial charge in [-0.3, -0.25) is 0 Å². The monoisotopic (exact) mass is 184 g/mol. The molecule has 0 unspecified atom stereocenters. The van der Waals surface area contributed by atoms with E-state index in [4.69, 9.17) is 10.5 Å². The summed E-state index contributed by atoms with van der Waals surface area (Å²) < 4.78 is 5.56. The summed E-state index contributed by atoms with van der Waals surface area (Å²) in [5, 5.41) is 0. The van der Waals surface area contributed by atoms with Crippen LogP contribution in [0.5, 0.6) is 11.5 Å². The molecule has 2 rings (SSSR count). The zero-order valence-electron chi connectivity index (χ0n) is 7.60. The van der Waals surface area contributed by atoms with Crippen LogP contribution in [-0.4, -0.2) is 0 Å². The second-order valence-corrected chi connectivity index (χ2v) is 2.91. The van der Waals surface area contributed by atoms with Gasteiger partial charge in [-0.05, 0) is 30.3 Å². The molecular weight excluding hydrogens is 174 g/mol. The van der Waals surface area contributed by atoms with Crippen LogP contribution in [-0.2, 0) is 0 Å². The van der Waals surface area contributed by atoms with Gasteiger partial charge in [0, 0.05) is 11.8 Å². The maximum atomic E-state index is 5.63. The van der Waals surface area contributed by atoms with Crippen LogP contribution >= 0.6 is 0 Å². The molecule has 2 aromatic carbocycles. The molecule has 0 fully saturated rings. The largest absolute Gasteiger partial charge is 0.457 e. The first-order valence-electron chi connectivity index (χ1n) is 4.34. The highest BCUT2D eigenvalue weighted by molar-refractivity contribution is 5.45. The average molecular weight is 184 g/mol. The van der Waals surface area contributed by atoms with Gasteiger partial charge in [0.2, 0.25) is 0 Å². The normalized spacial score (nSPS) is 9.71. The van der Waals surface area contributed by atoms with Crippen molar-refractivity contribution in [3.63, 3.8) is 0 Å². The number of nitrogen functional groups attached to an aromatic ring is 1. The minimum absolute atomic E-state index is 0.699. The van der Waals surface area contributed by atoms with Crippen LogP contribution in [0.2, 0.25) is 0 Å². The van der Waals surface area contributed by atoms with Crippen molar-refractivity contribution in [1.82, 2.24) is 0 Å². The molecule has 0 atom stereocenters. The standard InChI is InChI=1S/C12H10NO/c13-10-5-4-8-12(9-10)14-11-6-2-1-3-7-11/h2-9H,13H2. The number of anilines is 1. The van der Waals surface area contributed by atoms with E-state index in [1.165, 1.54) is 0 Å². The Morgan fingerprint density at radius 2 is 1.79 bits per heavy atom. The van der Waals surface area contributed by atoms with Gasteiger partial charge in [0.15, 0.2) is 0 Å². The van der Waals surface area contributed by atoms with Crippen molar-refractivity contribution in [1.29, 1.82) is 0 Å². The first-order valence-corrected chi connectivity index (χ1v) is 4.34. The van der Waals surface area contributed by atoms with Gasteiger partial charge >= 0.3 is 0 Å². The first-order chi connectivity index (χ1) is 6.84. The molecule has 0 aliphatic carbocycles. The molecule has 2 nitrogen and oxygen atoms in total. The van der Waals surface area contributed by atoms with E-state index in [1.54, 1.807) is 6.07 Å².